The second-order valence-electron chi connectivity index (χ2n) is 0.774. The van der Waals surface area contributed by atoms with Crippen molar-refractivity contribution in [2.45, 2.75) is 6.92 Å². The summed E-state index contributed by atoms with van der Waals surface area (Å²) < 4.78 is 4.06. The van der Waals surface area contributed by atoms with Crippen LogP contribution in [0.5, 0.6) is 0 Å². The summed E-state index contributed by atoms with van der Waals surface area (Å²) in [5, 5.41) is 0. The third-order valence-corrected chi connectivity index (χ3v) is 0.968. The van der Waals surface area contributed by atoms with E-state index in [-0.39, 0.29) is 0 Å². The van der Waals surface area contributed by atoms with Crippen LogP contribution in [-0.4, -0.2) is 10.5 Å². The van der Waals surface area contributed by atoms with Gasteiger partial charge in [-0.15, -0.1) is 0 Å². The molecule has 2 nitrogen and oxygen atoms in total. The van der Waals surface area contributed by atoms with E-state index in [4.69, 9.17) is 5.73 Å². The number of hydrogen-bond acceptors (Lipinski definition) is 3. The Morgan fingerprint density at radius 1 is 2.00 bits per heavy atom. The lowest BCUT2D eigenvalue weighted by Gasteiger charge is -1.81. The van der Waals surface area contributed by atoms with Gasteiger partial charge in [0, 0.05) is 18.2 Å². The van der Waals surface area contributed by atoms with Crippen molar-refractivity contribution < 1.29 is 0 Å². The van der Waals surface area contributed by atoms with Crippen LogP contribution in [0.2, 0.25) is 0 Å². The van der Waals surface area contributed by atoms with Crippen molar-refractivity contribution in [3.8, 4) is 0 Å². The summed E-state index contributed by atoms with van der Waals surface area (Å²) in [7, 11) is 0. The first-order valence-electron chi connectivity index (χ1n) is 1.72. The summed E-state index contributed by atoms with van der Waals surface area (Å²) in [6, 6.07) is 0. The van der Waals surface area contributed by atoms with Gasteiger partial charge in [0.2, 0.25) is 0 Å². The Morgan fingerprint density at radius 2 is 2.57 bits per heavy atom. The van der Waals surface area contributed by atoms with E-state index >= 15 is 0 Å². The zero-order valence-corrected chi connectivity index (χ0v) is 5.55. The van der Waals surface area contributed by atoms with Crippen LogP contribution < -0.4 is 5.73 Å². The summed E-state index contributed by atoms with van der Waals surface area (Å²) >= 11 is 5.60. The quantitative estimate of drug-likeness (QED) is 0.330. The number of hydrogen-bond donors (Lipinski definition) is 1. The van der Waals surface area contributed by atoms with Crippen LogP contribution in [0.15, 0.2) is 4.40 Å². The van der Waals surface area contributed by atoms with Crippen molar-refractivity contribution in [3.63, 3.8) is 0 Å². The minimum absolute atomic E-state index is 0.359. The molecule has 0 rings (SSSR count). The fourth-order valence-corrected chi connectivity index (χ4v) is 0.443. The van der Waals surface area contributed by atoms with Gasteiger partial charge in [0.1, 0.15) is 0 Å². The monoisotopic (exact) mass is 134 g/mol. The molecule has 4 heteroatoms. The molecule has 0 radical (unpaired) electrons. The maximum atomic E-state index is 5.06. The first-order valence-corrected chi connectivity index (χ1v) is 2.90. The highest BCUT2D eigenvalue weighted by atomic mass is 32.2. The lowest BCUT2D eigenvalue weighted by molar-refractivity contribution is 1.86. The van der Waals surface area contributed by atoms with Gasteiger partial charge in [-0.3, -0.25) is 0 Å². The molecule has 0 aromatic rings. The second-order valence-corrected chi connectivity index (χ2v) is 2.31. The van der Waals surface area contributed by atoms with E-state index in [0.717, 1.165) is 11.9 Å². The fourth-order valence-electron chi connectivity index (χ4n) is 0.105. The average molecular weight is 134 g/mol. The molecule has 0 fully saturated rings. The Kier molecular flexibility index (Phi) is 4.03. The SMILES string of the molecule is CC=NSC(N)=S. The number of nitrogens with two attached hydrogens (primary N) is 1. The number of rotatable bonds is 1. The van der Waals surface area contributed by atoms with Gasteiger partial charge in [0.05, 0.1) is 0 Å². The van der Waals surface area contributed by atoms with Gasteiger partial charge in [-0.05, 0) is 6.92 Å². The highest BCUT2D eigenvalue weighted by Gasteiger charge is 1.79. The molecular weight excluding hydrogens is 128 g/mol. The Morgan fingerprint density at radius 3 is 2.71 bits per heavy atom. The molecule has 0 aliphatic rings. The molecule has 0 spiro atoms. The average Bonchev–Trinajstić information content (AvgIpc) is 1.61. The summed E-state index contributed by atoms with van der Waals surface area (Å²) in [6.45, 7) is 1.81. The van der Waals surface area contributed by atoms with E-state index in [1.807, 2.05) is 6.92 Å². The number of thiocarbonyl (C=S) groups is 1. The van der Waals surface area contributed by atoms with E-state index in [1.165, 1.54) is 0 Å². The summed E-state index contributed by atoms with van der Waals surface area (Å²) in [4.78, 5) is 0. The van der Waals surface area contributed by atoms with Gasteiger partial charge in [-0.1, -0.05) is 12.2 Å². The predicted octanol–water partition coefficient (Wildman–Crippen LogP) is 0.969. The summed E-state index contributed by atoms with van der Waals surface area (Å²) in [5.41, 5.74) is 5.06. The molecule has 2 N–H and O–H groups in total. The predicted molar refractivity (Wildman–Crippen MR) is 38.5 cm³/mol. The summed E-state index contributed by atoms with van der Waals surface area (Å²) in [5.74, 6) is 0. The van der Waals surface area contributed by atoms with E-state index < -0.39 is 0 Å². The molecule has 0 saturated heterocycles. The van der Waals surface area contributed by atoms with Gasteiger partial charge in [-0.25, -0.2) is 4.40 Å². The minimum Gasteiger partial charge on any atom is -0.383 e. The molecular formula is C3H6N2S2. The first-order chi connectivity index (χ1) is 3.27. The standard InChI is InChI=1S/C3H6N2S2/c1-2-5-7-3(4)6/h2H,1H3,(H2,4,6). The zero-order chi connectivity index (χ0) is 5.70. The molecule has 7 heavy (non-hydrogen) atoms. The number of nitrogens with zero attached hydrogens (tertiary/aromatic N) is 1. The molecule has 0 aliphatic heterocycles. The molecule has 0 aromatic heterocycles. The highest BCUT2D eigenvalue weighted by Crippen LogP contribution is 1.97. The second kappa shape index (κ2) is 4.08. The lowest BCUT2D eigenvalue weighted by Crippen LogP contribution is -1.99. The van der Waals surface area contributed by atoms with Crippen molar-refractivity contribution in [1.29, 1.82) is 0 Å². The maximum absolute atomic E-state index is 5.06. The van der Waals surface area contributed by atoms with E-state index in [0.29, 0.717) is 4.32 Å². The maximum Gasteiger partial charge on any atom is 0.153 e. The van der Waals surface area contributed by atoms with Crippen molar-refractivity contribution in [2.24, 2.45) is 10.1 Å². The van der Waals surface area contributed by atoms with Gasteiger partial charge < -0.3 is 5.73 Å². The molecule has 0 saturated carbocycles. The molecule has 0 amide bonds. The van der Waals surface area contributed by atoms with Crippen LogP contribution in [0.3, 0.4) is 0 Å². The van der Waals surface area contributed by atoms with Crippen LogP contribution >= 0.6 is 24.2 Å². The molecule has 0 aromatic carbocycles. The normalized spacial score (nSPS) is 9.86. The minimum atomic E-state index is 0.359. The van der Waals surface area contributed by atoms with E-state index in [9.17, 15) is 0 Å². The molecule has 0 heterocycles. The summed E-state index contributed by atoms with van der Waals surface area (Å²) in [6.07, 6.45) is 1.64. The van der Waals surface area contributed by atoms with Crippen molar-refractivity contribution in [1.82, 2.24) is 0 Å². The molecule has 0 bridgehead atoms. The smallest absolute Gasteiger partial charge is 0.153 e. The molecule has 40 valence electrons. The molecule has 0 aliphatic carbocycles. The van der Waals surface area contributed by atoms with Gasteiger partial charge in [0.15, 0.2) is 4.32 Å². The van der Waals surface area contributed by atoms with Gasteiger partial charge >= 0.3 is 0 Å². The van der Waals surface area contributed by atoms with Gasteiger partial charge in [-0.2, -0.15) is 0 Å². The third kappa shape index (κ3) is 5.91. The highest BCUT2D eigenvalue weighted by molar-refractivity contribution is 8.22. The molecule has 0 atom stereocenters. The van der Waals surface area contributed by atoms with E-state index in [2.05, 4.69) is 16.6 Å². The van der Waals surface area contributed by atoms with Crippen molar-refractivity contribution in [3.05, 3.63) is 0 Å². The van der Waals surface area contributed by atoms with E-state index in [1.54, 1.807) is 6.21 Å². The Bertz CT molecular complexity index is 88.9. The third-order valence-electron chi connectivity index (χ3n) is 0.248. The van der Waals surface area contributed by atoms with Crippen LogP contribution in [-0.2, 0) is 0 Å². The molecule has 0 unspecified atom stereocenters. The van der Waals surface area contributed by atoms with Crippen molar-refractivity contribution >= 4 is 34.7 Å². The van der Waals surface area contributed by atoms with Gasteiger partial charge in [0.25, 0.3) is 0 Å². The topological polar surface area (TPSA) is 38.4 Å². The van der Waals surface area contributed by atoms with Crippen LogP contribution in [0.25, 0.3) is 0 Å². The Balaban J connectivity index is 3.14. The largest absolute Gasteiger partial charge is 0.383 e. The van der Waals surface area contributed by atoms with Crippen LogP contribution in [0.1, 0.15) is 6.92 Å². The van der Waals surface area contributed by atoms with Crippen LogP contribution in [0.4, 0.5) is 0 Å². The Labute approximate surface area is 52.3 Å². The fraction of sp³-hybridized carbons (Fsp3) is 0.333. The lowest BCUT2D eigenvalue weighted by atomic mass is 10.9. The van der Waals surface area contributed by atoms with Crippen LogP contribution in [0, 0.1) is 0 Å². The zero-order valence-electron chi connectivity index (χ0n) is 3.92. The first kappa shape index (κ1) is 6.91. The Hall–Kier alpha value is -0.0900. The van der Waals surface area contributed by atoms with Crippen molar-refractivity contribution in [2.75, 3.05) is 0 Å².